The summed E-state index contributed by atoms with van der Waals surface area (Å²) in [6.07, 6.45) is 4.38. The van der Waals surface area contributed by atoms with E-state index in [9.17, 15) is 0 Å². The summed E-state index contributed by atoms with van der Waals surface area (Å²) >= 11 is 0. The maximum absolute atomic E-state index is 6.14. The van der Waals surface area contributed by atoms with Crippen LogP contribution < -0.4 is 5.73 Å². The van der Waals surface area contributed by atoms with Gasteiger partial charge < -0.3 is 10.3 Å². The minimum atomic E-state index is 0.538. The van der Waals surface area contributed by atoms with Gasteiger partial charge in [-0.25, -0.2) is 9.97 Å². The lowest BCUT2D eigenvalue weighted by Gasteiger charge is -2.09. The van der Waals surface area contributed by atoms with Gasteiger partial charge in [-0.1, -0.05) is 38.5 Å². The highest BCUT2D eigenvalue weighted by Gasteiger charge is 2.16. The zero-order chi connectivity index (χ0) is 14.8. The number of anilines is 1. The number of hydrogen-bond acceptors (Lipinski definition) is 3. The van der Waals surface area contributed by atoms with Crippen molar-refractivity contribution in [1.82, 2.24) is 14.5 Å². The van der Waals surface area contributed by atoms with E-state index in [2.05, 4.69) is 35.5 Å². The number of fused-ring (bicyclic) bond motifs is 3. The Morgan fingerprint density at radius 2 is 1.90 bits per heavy atom. The Morgan fingerprint density at radius 3 is 2.67 bits per heavy atom. The number of aryl methyl sites for hydroxylation is 2. The lowest BCUT2D eigenvalue weighted by molar-refractivity contribution is 0.612. The van der Waals surface area contributed by atoms with Crippen LogP contribution in [0.2, 0.25) is 0 Å². The number of rotatable bonds is 5. The van der Waals surface area contributed by atoms with Crippen LogP contribution in [-0.4, -0.2) is 14.5 Å². The van der Waals surface area contributed by atoms with Crippen molar-refractivity contribution in [2.45, 2.75) is 46.1 Å². The summed E-state index contributed by atoms with van der Waals surface area (Å²) < 4.78 is 2.35. The third kappa shape index (κ3) is 2.35. The second-order valence-electron chi connectivity index (χ2n) is 5.49. The third-order valence-electron chi connectivity index (χ3n) is 3.90. The van der Waals surface area contributed by atoms with Gasteiger partial charge in [0.25, 0.3) is 0 Å². The van der Waals surface area contributed by atoms with Crippen molar-refractivity contribution in [3.05, 3.63) is 30.1 Å². The van der Waals surface area contributed by atoms with Crippen LogP contribution in [0.4, 0.5) is 5.82 Å². The second kappa shape index (κ2) is 5.72. The van der Waals surface area contributed by atoms with Gasteiger partial charge in [-0.2, -0.15) is 0 Å². The molecule has 110 valence electrons. The smallest absolute Gasteiger partial charge is 0.152 e. The third-order valence-corrected chi connectivity index (χ3v) is 3.90. The Balaban J connectivity index is 2.34. The quantitative estimate of drug-likeness (QED) is 0.771. The molecule has 0 atom stereocenters. The SMILES string of the molecule is CCCCn1c(CCC)nc2c(N)nc3ccccc3c21. The molecular formula is C17H22N4. The molecule has 0 aliphatic carbocycles. The molecule has 2 heterocycles. The second-order valence-corrected chi connectivity index (χ2v) is 5.49. The van der Waals surface area contributed by atoms with Crippen molar-refractivity contribution < 1.29 is 0 Å². The first-order valence-corrected chi connectivity index (χ1v) is 7.79. The highest BCUT2D eigenvalue weighted by atomic mass is 15.1. The predicted molar refractivity (Wildman–Crippen MR) is 88.3 cm³/mol. The van der Waals surface area contributed by atoms with Crippen LogP contribution >= 0.6 is 0 Å². The summed E-state index contributed by atoms with van der Waals surface area (Å²) in [5, 5.41) is 1.15. The lowest BCUT2D eigenvalue weighted by atomic mass is 10.2. The molecule has 0 bridgehead atoms. The van der Waals surface area contributed by atoms with E-state index in [-0.39, 0.29) is 0 Å². The van der Waals surface area contributed by atoms with Gasteiger partial charge in [-0.05, 0) is 18.9 Å². The van der Waals surface area contributed by atoms with Crippen LogP contribution in [0.1, 0.15) is 38.9 Å². The predicted octanol–water partition coefficient (Wildman–Crippen LogP) is 3.92. The minimum absolute atomic E-state index is 0.538. The van der Waals surface area contributed by atoms with E-state index >= 15 is 0 Å². The molecule has 3 rings (SSSR count). The molecule has 0 fully saturated rings. The van der Waals surface area contributed by atoms with Gasteiger partial charge in [0.15, 0.2) is 5.82 Å². The van der Waals surface area contributed by atoms with Crippen molar-refractivity contribution in [2.24, 2.45) is 0 Å². The molecule has 3 aromatic rings. The van der Waals surface area contributed by atoms with Crippen molar-refractivity contribution in [3.8, 4) is 0 Å². The number of nitrogens with zero attached hydrogens (tertiary/aromatic N) is 3. The molecule has 4 heteroatoms. The monoisotopic (exact) mass is 282 g/mol. The average Bonchev–Trinajstić information content (AvgIpc) is 2.85. The molecule has 0 spiro atoms. The highest BCUT2D eigenvalue weighted by molar-refractivity contribution is 6.06. The molecule has 0 aliphatic rings. The highest BCUT2D eigenvalue weighted by Crippen LogP contribution is 2.29. The molecule has 4 nitrogen and oxygen atoms in total. The molecule has 2 aromatic heterocycles. The van der Waals surface area contributed by atoms with E-state index in [1.54, 1.807) is 0 Å². The van der Waals surface area contributed by atoms with Crippen LogP contribution in [0.5, 0.6) is 0 Å². The summed E-state index contributed by atoms with van der Waals surface area (Å²) in [6.45, 7) is 5.39. The van der Waals surface area contributed by atoms with Gasteiger partial charge in [0, 0.05) is 18.4 Å². The number of benzene rings is 1. The van der Waals surface area contributed by atoms with Crippen LogP contribution in [0.3, 0.4) is 0 Å². The molecule has 0 aliphatic heterocycles. The van der Waals surface area contributed by atoms with E-state index in [1.165, 1.54) is 6.42 Å². The summed E-state index contributed by atoms with van der Waals surface area (Å²) in [7, 11) is 0. The number of imidazole rings is 1. The van der Waals surface area contributed by atoms with Crippen molar-refractivity contribution >= 4 is 27.8 Å². The molecule has 21 heavy (non-hydrogen) atoms. The fraction of sp³-hybridized carbons (Fsp3) is 0.412. The average molecular weight is 282 g/mol. The molecule has 0 unspecified atom stereocenters. The van der Waals surface area contributed by atoms with E-state index in [4.69, 9.17) is 10.7 Å². The van der Waals surface area contributed by atoms with E-state index in [0.717, 1.165) is 53.6 Å². The van der Waals surface area contributed by atoms with E-state index in [1.807, 2.05) is 12.1 Å². The maximum atomic E-state index is 6.14. The molecule has 2 N–H and O–H groups in total. The molecule has 0 saturated carbocycles. The van der Waals surface area contributed by atoms with Gasteiger partial charge in [-0.15, -0.1) is 0 Å². The lowest BCUT2D eigenvalue weighted by Crippen LogP contribution is -2.04. The first-order chi connectivity index (χ1) is 10.3. The van der Waals surface area contributed by atoms with Crippen LogP contribution in [0, 0.1) is 0 Å². The molecule has 0 radical (unpaired) electrons. The van der Waals surface area contributed by atoms with Crippen LogP contribution in [-0.2, 0) is 13.0 Å². The number of unbranched alkanes of at least 4 members (excludes halogenated alkanes) is 1. The van der Waals surface area contributed by atoms with Gasteiger partial charge in [0.2, 0.25) is 0 Å². The largest absolute Gasteiger partial charge is 0.382 e. The fourth-order valence-electron chi connectivity index (χ4n) is 2.88. The number of nitrogens with two attached hydrogens (primary N) is 1. The van der Waals surface area contributed by atoms with Crippen molar-refractivity contribution in [2.75, 3.05) is 5.73 Å². The zero-order valence-corrected chi connectivity index (χ0v) is 12.8. The summed E-state index contributed by atoms with van der Waals surface area (Å²) in [4.78, 5) is 9.28. The number of hydrogen-bond donors (Lipinski definition) is 1. The van der Waals surface area contributed by atoms with Gasteiger partial charge >= 0.3 is 0 Å². The summed E-state index contributed by atoms with van der Waals surface area (Å²) in [5.74, 6) is 1.67. The van der Waals surface area contributed by atoms with Gasteiger partial charge in [0.1, 0.15) is 11.3 Å². The molecule has 0 saturated heterocycles. The first-order valence-electron chi connectivity index (χ1n) is 7.79. The molecular weight excluding hydrogens is 260 g/mol. The number of aromatic nitrogens is 3. The Hall–Kier alpha value is -2.10. The fourth-order valence-corrected chi connectivity index (χ4v) is 2.88. The molecule has 1 aromatic carbocycles. The van der Waals surface area contributed by atoms with E-state index < -0.39 is 0 Å². The zero-order valence-electron chi connectivity index (χ0n) is 12.8. The standard InChI is InChI=1S/C17H22N4/c1-3-5-11-21-14(8-4-2)20-15-16(21)12-9-6-7-10-13(12)19-17(15)18/h6-7,9-10H,3-5,8,11H2,1-2H3,(H2,18,19). The number of para-hydroxylation sites is 1. The first kappa shape index (κ1) is 13.9. The topological polar surface area (TPSA) is 56.7 Å². The van der Waals surface area contributed by atoms with Crippen molar-refractivity contribution in [1.29, 1.82) is 0 Å². The van der Waals surface area contributed by atoms with Crippen LogP contribution in [0.25, 0.3) is 21.9 Å². The van der Waals surface area contributed by atoms with E-state index in [0.29, 0.717) is 5.82 Å². The summed E-state index contributed by atoms with van der Waals surface area (Å²) in [6, 6.07) is 8.18. The number of pyridine rings is 1. The van der Waals surface area contributed by atoms with Gasteiger partial charge in [-0.3, -0.25) is 0 Å². The van der Waals surface area contributed by atoms with Crippen molar-refractivity contribution in [3.63, 3.8) is 0 Å². The molecule has 0 amide bonds. The Bertz CT molecular complexity index is 773. The minimum Gasteiger partial charge on any atom is -0.382 e. The normalized spacial score (nSPS) is 11.5. The van der Waals surface area contributed by atoms with Gasteiger partial charge in [0.05, 0.1) is 11.0 Å². The Labute approximate surface area is 125 Å². The maximum Gasteiger partial charge on any atom is 0.152 e. The Kier molecular flexibility index (Phi) is 3.78. The Morgan fingerprint density at radius 1 is 1.10 bits per heavy atom. The summed E-state index contributed by atoms with van der Waals surface area (Å²) in [5.41, 5.74) is 9.09. The van der Waals surface area contributed by atoms with Crippen LogP contribution in [0.15, 0.2) is 24.3 Å². The number of nitrogen functional groups attached to an aromatic ring is 1.